The monoisotopic (exact) mass is 966 g/mol. The fourth-order valence-corrected chi connectivity index (χ4v) is 10.9. The molecule has 68 heavy (non-hydrogen) atoms. The first-order valence-corrected chi connectivity index (χ1v) is 24.3. The highest BCUT2D eigenvalue weighted by Crippen LogP contribution is 2.67. The Kier molecular flexibility index (Phi) is 14.3. The van der Waals surface area contributed by atoms with Gasteiger partial charge in [-0.15, -0.1) is 0 Å². The second-order valence-electron chi connectivity index (χ2n) is 20.5. The molecule has 0 aromatic heterocycles. The minimum Gasteiger partial charge on any atom is -0.438 e. The number of fused-ring (bicyclic) bond motifs is 4. The lowest BCUT2D eigenvalue weighted by Gasteiger charge is -2.46. The van der Waals surface area contributed by atoms with Crippen molar-refractivity contribution >= 4 is 47.8 Å². The van der Waals surface area contributed by atoms with Crippen LogP contribution in [-0.4, -0.2) is 101 Å². The summed E-state index contributed by atoms with van der Waals surface area (Å²) in [6.07, 6.45) is 0.740. The van der Waals surface area contributed by atoms with Crippen LogP contribution in [0.4, 0.5) is 14.5 Å². The number of rotatable bonds is 13. The molecule has 3 aromatic rings. The number of hydrogen-bond donors (Lipinski definition) is 5. The van der Waals surface area contributed by atoms with Gasteiger partial charge in [0.1, 0.15) is 11.6 Å². The van der Waals surface area contributed by atoms with Crippen LogP contribution < -0.4 is 16.0 Å². The summed E-state index contributed by atoms with van der Waals surface area (Å²) in [7, 11) is -5.62. The van der Waals surface area contributed by atoms with Crippen LogP contribution in [0.5, 0.6) is 0 Å². The molecule has 4 aliphatic heterocycles. The number of halogens is 2. The molecular formula is C48H61F2N6O11P. The van der Waals surface area contributed by atoms with Gasteiger partial charge in [-0.05, 0) is 115 Å². The summed E-state index contributed by atoms with van der Waals surface area (Å²) >= 11 is 0. The highest BCUT2D eigenvalue weighted by Gasteiger charge is 2.60. The topological polar surface area (TPSA) is 229 Å². The molecule has 7 rings (SSSR count). The van der Waals surface area contributed by atoms with Crippen LogP contribution in [-0.2, 0) is 48.5 Å². The molecule has 3 fully saturated rings. The number of esters is 2. The van der Waals surface area contributed by atoms with Gasteiger partial charge in [0.2, 0.25) is 19.5 Å². The number of ether oxygens (including phenoxy) is 2. The number of nitrogens with zero attached hydrogens (tertiary/aromatic N) is 3. The Labute approximate surface area is 394 Å². The van der Waals surface area contributed by atoms with Crippen molar-refractivity contribution in [1.82, 2.24) is 20.4 Å². The summed E-state index contributed by atoms with van der Waals surface area (Å²) < 4.78 is 66.9. The maximum absolute atomic E-state index is 16.5. The van der Waals surface area contributed by atoms with Crippen molar-refractivity contribution < 1.29 is 61.3 Å². The number of benzene rings is 3. The van der Waals surface area contributed by atoms with Crippen molar-refractivity contribution in [3.63, 3.8) is 0 Å². The largest absolute Gasteiger partial charge is 0.438 e. The summed E-state index contributed by atoms with van der Waals surface area (Å²) in [4.78, 5) is 55.8. The fraction of sp³-hybridized carbons (Fsp3) is 0.562. The molecular weight excluding hydrogens is 906 g/mol. The lowest BCUT2D eigenvalue weighted by atomic mass is 9.74. The third kappa shape index (κ3) is 9.80. The van der Waals surface area contributed by atoms with E-state index in [2.05, 4.69) is 22.0 Å². The van der Waals surface area contributed by atoms with Gasteiger partial charge >= 0.3 is 25.2 Å². The minimum atomic E-state index is -5.62. The van der Waals surface area contributed by atoms with Crippen molar-refractivity contribution in [2.75, 3.05) is 32.0 Å². The van der Waals surface area contributed by atoms with Crippen LogP contribution in [0.1, 0.15) is 108 Å². The van der Waals surface area contributed by atoms with E-state index in [1.165, 1.54) is 59.7 Å². The first kappa shape index (κ1) is 51.0. The first-order chi connectivity index (χ1) is 31.8. The third-order valence-corrected chi connectivity index (χ3v) is 15.4. The van der Waals surface area contributed by atoms with Crippen LogP contribution in [0, 0.1) is 28.1 Å². The van der Waals surface area contributed by atoms with E-state index in [0.29, 0.717) is 42.3 Å². The van der Waals surface area contributed by atoms with Crippen molar-refractivity contribution in [3.8, 4) is 6.07 Å². The average molecular weight is 967 g/mol. The molecule has 0 radical (unpaired) electrons. The molecule has 7 atom stereocenters. The molecule has 4 aliphatic rings. The zero-order valence-electron chi connectivity index (χ0n) is 39.3. The molecule has 1 spiro atoms. The van der Waals surface area contributed by atoms with Gasteiger partial charge in [0, 0.05) is 35.4 Å². The zero-order chi connectivity index (χ0) is 49.6. The van der Waals surface area contributed by atoms with Crippen LogP contribution >= 0.6 is 7.60 Å². The molecule has 368 valence electrons. The van der Waals surface area contributed by atoms with Gasteiger partial charge in [-0.1, -0.05) is 49.2 Å². The second kappa shape index (κ2) is 19.1. The number of anilines is 1. The fourth-order valence-electron chi connectivity index (χ4n) is 9.63. The highest BCUT2D eigenvalue weighted by atomic mass is 31.2. The van der Waals surface area contributed by atoms with Gasteiger partial charge in [0.15, 0.2) is 6.35 Å². The number of likely N-dealkylation sites (tertiary alicyclic amines) is 1. The highest BCUT2D eigenvalue weighted by molar-refractivity contribution is 7.54. The maximum Gasteiger partial charge on any atom is 0.410 e. The lowest BCUT2D eigenvalue weighted by Crippen LogP contribution is -2.64. The number of amides is 2. The van der Waals surface area contributed by atoms with E-state index < -0.39 is 103 Å². The van der Waals surface area contributed by atoms with E-state index >= 15 is 8.78 Å². The standard InChI is InChI=1S/C48H61F2N6O11P/c1-44(2,3)41(60)64-27-66-68(63,67-28-65-42(61)45(4,5)6)48(49,50)32-18-17-29-15-16-30(22-31(29)23-32)38(57)52-36-14-10-11-20-46(7)21-19-37(56(46)39(36)58)54-43(62)55-25-33(24-51)47(26-55)34-12-8-9-13-35(34)53-40(47)59/h8-9,12-13,15-18,22-23,33,36-37,39,43,54,58,62H,10-11,14,19-21,25-28H2,1-7H3,(H,52,57)(H,53,59)/t33-,36?,37-,39?,43?,46-,47-/m0/s1. The minimum absolute atomic E-state index is 0.0768. The third-order valence-electron chi connectivity index (χ3n) is 13.6. The molecule has 0 aliphatic carbocycles. The lowest BCUT2D eigenvalue weighted by molar-refractivity contribution is -0.163. The van der Waals surface area contributed by atoms with Crippen LogP contribution in [0.25, 0.3) is 10.8 Å². The average Bonchev–Trinajstić information content (AvgIpc) is 3.92. The van der Waals surface area contributed by atoms with Gasteiger partial charge in [-0.2, -0.15) is 14.0 Å². The maximum atomic E-state index is 16.5. The van der Waals surface area contributed by atoms with E-state index in [1.54, 1.807) is 23.1 Å². The van der Waals surface area contributed by atoms with Crippen molar-refractivity contribution in [2.45, 2.75) is 128 Å². The predicted molar refractivity (Wildman–Crippen MR) is 244 cm³/mol. The van der Waals surface area contributed by atoms with Gasteiger partial charge in [-0.25, -0.2) is 0 Å². The van der Waals surface area contributed by atoms with Crippen LogP contribution in [0.15, 0.2) is 60.7 Å². The Morgan fingerprint density at radius 2 is 1.59 bits per heavy atom. The molecule has 5 N–H and O–H groups in total. The van der Waals surface area contributed by atoms with Crippen molar-refractivity contribution in [1.29, 1.82) is 5.26 Å². The molecule has 3 aromatic carbocycles. The van der Waals surface area contributed by atoms with E-state index in [4.69, 9.17) is 18.5 Å². The summed E-state index contributed by atoms with van der Waals surface area (Å²) in [6, 6.07) is 16.5. The van der Waals surface area contributed by atoms with Crippen molar-refractivity contribution in [3.05, 3.63) is 77.4 Å². The number of carbonyl (C=O) groups is 4. The Morgan fingerprint density at radius 3 is 2.24 bits per heavy atom. The Morgan fingerprint density at radius 1 is 0.941 bits per heavy atom. The normalized spacial score (nSPS) is 26.3. The van der Waals surface area contributed by atoms with E-state index in [1.807, 2.05) is 24.0 Å². The quantitative estimate of drug-likeness (QED) is 0.0691. The summed E-state index contributed by atoms with van der Waals surface area (Å²) in [6.45, 7) is 9.06. The number of para-hydroxylation sites is 1. The van der Waals surface area contributed by atoms with E-state index in [-0.39, 0.29) is 29.9 Å². The predicted octanol–water partition coefficient (Wildman–Crippen LogP) is 6.59. The molecule has 0 saturated carbocycles. The van der Waals surface area contributed by atoms with Gasteiger partial charge in [-0.3, -0.25) is 47.9 Å². The van der Waals surface area contributed by atoms with Crippen LogP contribution in [0.2, 0.25) is 0 Å². The van der Waals surface area contributed by atoms with E-state index in [0.717, 1.165) is 25.0 Å². The Bertz CT molecular complexity index is 2490. The zero-order valence-corrected chi connectivity index (χ0v) is 40.2. The Balaban J connectivity index is 1.08. The summed E-state index contributed by atoms with van der Waals surface area (Å²) in [5.41, 5.74) is -7.58. The summed E-state index contributed by atoms with van der Waals surface area (Å²) in [5.74, 6) is -3.28. The number of hydrogen-bond acceptors (Lipinski definition) is 15. The molecule has 17 nitrogen and oxygen atoms in total. The first-order valence-electron chi connectivity index (χ1n) is 22.8. The SMILES string of the molecule is CC(C)(C)C(=O)OCOP(=O)(OCOC(=O)C(C)(C)C)C(F)(F)c1ccc2ccc(C(=O)NC3CCCC[C@@]4(C)CC[C@@H](NC(O)N5C[C@H](C#N)[C@]6(C5)C(=O)Nc5ccccc56)N4C3O)cc2c1. The Hall–Kier alpha value is -4.90. The van der Waals surface area contributed by atoms with Gasteiger partial charge < -0.3 is 30.3 Å². The van der Waals surface area contributed by atoms with Gasteiger partial charge in [0.25, 0.3) is 5.91 Å². The number of alkyl halides is 2. The molecule has 20 heteroatoms. The number of nitrogens with one attached hydrogen (secondary N) is 3. The smallest absolute Gasteiger partial charge is 0.410 e. The number of aliphatic hydroxyl groups excluding tert-OH is 2. The van der Waals surface area contributed by atoms with Crippen molar-refractivity contribution in [2.24, 2.45) is 16.7 Å². The number of nitriles is 1. The molecule has 4 heterocycles. The summed E-state index contributed by atoms with van der Waals surface area (Å²) in [5, 5.41) is 43.8. The molecule has 3 unspecified atom stereocenters. The second-order valence-corrected chi connectivity index (χ2v) is 22.6. The van der Waals surface area contributed by atoms with E-state index in [9.17, 15) is 39.2 Å². The molecule has 3 saturated heterocycles. The van der Waals surface area contributed by atoms with Crippen LogP contribution in [0.3, 0.4) is 0 Å². The van der Waals surface area contributed by atoms with Gasteiger partial charge in [0.05, 0.1) is 35.0 Å². The molecule has 0 bridgehead atoms. The number of aliphatic hydroxyl groups is 2. The molecule has 2 amide bonds. The number of carbonyl (C=O) groups excluding carboxylic acids is 4.